The van der Waals surface area contributed by atoms with Crippen LogP contribution in [0.5, 0.6) is 5.75 Å². The molecule has 0 aliphatic heterocycles. The van der Waals surface area contributed by atoms with E-state index in [1.165, 1.54) is 43.1 Å². The third kappa shape index (κ3) is 4.73. The van der Waals surface area contributed by atoms with Gasteiger partial charge in [-0.15, -0.1) is 0 Å². The van der Waals surface area contributed by atoms with Gasteiger partial charge in [0.15, 0.2) is 0 Å². The number of hydrogen-bond acceptors (Lipinski definition) is 8. The van der Waals surface area contributed by atoms with Gasteiger partial charge in [-0.1, -0.05) is 16.9 Å². The van der Waals surface area contributed by atoms with Crippen molar-refractivity contribution in [2.45, 2.75) is 17.7 Å². The lowest BCUT2D eigenvalue weighted by Crippen LogP contribution is -2.11. The minimum absolute atomic E-state index is 0.319. The highest BCUT2D eigenvalue weighted by Gasteiger charge is 2.16. The molecule has 0 aliphatic rings. The number of benzene rings is 1. The second-order valence-electron chi connectivity index (χ2n) is 5.48. The van der Waals surface area contributed by atoms with Crippen LogP contribution in [0.3, 0.4) is 0 Å². The quantitative estimate of drug-likeness (QED) is 0.361. The fraction of sp³-hybridized carbons (Fsp3) is 0.158. The first kappa shape index (κ1) is 18.7. The number of carbonyl (C=O) groups is 2. The first-order valence-electron chi connectivity index (χ1n) is 7.97. The van der Waals surface area contributed by atoms with E-state index in [2.05, 4.69) is 14.9 Å². The highest BCUT2D eigenvalue weighted by atomic mass is 32.2. The molecule has 0 bridgehead atoms. The van der Waals surface area contributed by atoms with Crippen LogP contribution in [0.2, 0.25) is 0 Å². The second kappa shape index (κ2) is 8.50. The number of pyridine rings is 1. The van der Waals surface area contributed by atoms with Crippen LogP contribution in [0, 0.1) is 6.92 Å². The third-order valence-electron chi connectivity index (χ3n) is 3.51. The summed E-state index contributed by atoms with van der Waals surface area (Å²) < 4.78 is 15.1. The Morgan fingerprint density at radius 2 is 1.93 bits per heavy atom. The van der Waals surface area contributed by atoms with E-state index >= 15 is 0 Å². The van der Waals surface area contributed by atoms with Crippen molar-refractivity contribution >= 4 is 23.7 Å². The van der Waals surface area contributed by atoms with Crippen LogP contribution in [0.1, 0.15) is 32.2 Å². The molecule has 0 fully saturated rings. The fourth-order valence-corrected chi connectivity index (χ4v) is 3.09. The summed E-state index contributed by atoms with van der Waals surface area (Å²) in [6, 6.07) is 11.3. The van der Waals surface area contributed by atoms with Crippen LogP contribution in [0.15, 0.2) is 58.2 Å². The van der Waals surface area contributed by atoms with Crippen LogP contribution in [0.4, 0.5) is 0 Å². The molecule has 27 heavy (non-hydrogen) atoms. The number of rotatable bonds is 6. The molecule has 0 unspecified atom stereocenters. The average Bonchev–Trinajstić information content (AvgIpc) is 3.11. The Hall–Kier alpha value is -3.13. The maximum Gasteiger partial charge on any atom is 0.346 e. The Bertz CT molecular complexity index is 953. The van der Waals surface area contributed by atoms with Gasteiger partial charge in [-0.25, -0.2) is 14.6 Å². The van der Waals surface area contributed by atoms with Crippen molar-refractivity contribution in [3.05, 3.63) is 71.2 Å². The zero-order chi connectivity index (χ0) is 19.2. The van der Waals surface area contributed by atoms with Crippen LogP contribution in [0.25, 0.3) is 0 Å². The van der Waals surface area contributed by atoms with Gasteiger partial charge < -0.3 is 14.0 Å². The number of aryl methyl sites for hydroxylation is 1. The minimum Gasteiger partial charge on any atom is -0.465 e. The lowest BCUT2D eigenvalue weighted by atomic mass is 10.2. The van der Waals surface area contributed by atoms with Gasteiger partial charge in [-0.05, 0) is 43.3 Å². The zero-order valence-corrected chi connectivity index (χ0v) is 15.5. The van der Waals surface area contributed by atoms with Crippen molar-refractivity contribution in [1.82, 2.24) is 10.1 Å². The Labute approximate surface area is 159 Å². The van der Waals surface area contributed by atoms with Crippen molar-refractivity contribution in [3.8, 4) is 5.75 Å². The summed E-state index contributed by atoms with van der Waals surface area (Å²) in [7, 11) is 1.30. The molecule has 2 heterocycles. The Morgan fingerprint density at radius 1 is 1.15 bits per heavy atom. The number of ether oxygens (including phenoxy) is 2. The number of carbonyl (C=O) groups excluding carboxylic acids is 2. The lowest BCUT2D eigenvalue weighted by Gasteiger charge is -2.08. The molecule has 0 amide bonds. The Kier molecular flexibility index (Phi) is 5.87. The van der Waals surface area contributed by atoms with Crippen molar-refractivity contribution in [2.24, 2.45) is 0 Å². The van der Waals surface area contributed by atoms with E-state index in [9.17, 15) is 9.59 Å². The molecular weight excluding hydrogens is 368 g/mol. The molecular formula is C19H16N2O5S. The van der Waals surface area contributed by atoms with Gasteiger partial charge in [0.05, 0.1) is 23.9 Å². The van der Waals surface area contributed by atoms with E-state index in [0.717, 1.165) is 11.5 Å². The smallest absolute Gasteiger partial charge is 0.346 e. The van der Waals surface area contributed by atoms with E-state index in [0.29, 0.717) is 27.7 Å². The molecule has 0 N–H and O–H groups in total. The summed E-state index contributed by atoms with van der Waals surface area (Å²) >= 11 is 1.37. The van der Waals surface area contributed by atoms with Gasteiger partial charge in [-0.2, -0.15) is 0 Å². The van der Waals surface area contributed by atoms with Crippen LogP contribution < -0.4 is 4.74 Å². The molecule has 0 saturated carbocycles. The molecule has 0 atom stereocenters. The standard InChI is InChI=1S/C19H16N2O5S/c1-12-10-14(21-26-12)11-27-17-16(4-3-9-20-17)19(23)25-15-7-5-13(6-8-15)18(22)24-2/h3-10H,11H2,1-2H3. The molecule has 0 radical (unpaired) electrons. The van der Waals surface area contributed by atoms with Crippen LogP contribution in [-0.2, 0) is 10.5 Å². The molecule has 2 aromatic heterocycles. The Balaban J connectivity index is 1.70. The van der Waals surface area contributed by atoms with Crippen LogP contribution >= 0.6 is 11.8 Å². The number of esters is 2. The van der Waals surface area contributed by atoms with Crippen molar-refractivity contribution in [1.29, 1.82) is 0 Å². The van der Waals surface area contributed by atoms with Gasteiger partial charge >= 0.3 is 11.9 Å². The average molecular weight is 384 g/mol. The highest BCUT2D eigenvalue weighted by Crippen LogP contribution is 2.25. The number of nitrogens with zero attached hydrogens (tertiary/aromatic N) is 2. The number of aromatic nitrogens is 2. The summed E-state index contributed by atoms with van der Waals surface area (Å²) in [5.74, 6) is 0.568. The molecule has 0 saturated heterocycles. The van der Waals surface area contributed by atoms with Crippen molar-refractivity contribution < 1.29 is 23.6 Å². The predicted octanol–water partition coefficient (Wildman–Crippen LogP) is 3.68. The van der Waals surface area contributed by atoms with Gasteiger partial charge in [0.25, 0.3) is 0 Å². The SMILES string of the molecule is COC(=O)c1ccc(OC(=O)c2cccnc2SCc2cc(C)on2)cc1. The van der Waals surface area contributed by atoms with E-state index in [4.69, 9.17) is 9.26 Å². The summed E-state index contributed by atoms with van der Waals surface area (Å²) in [6.07, 6.45) is 1.61. The summed E-state index contributed by atoms with van der Waals surface area (Å²) in [4.78, 5) is 28.2. The van der Waals surface area contributed by atoms with Crippen molar-refractivity contribution in [2.75, 3.05) is 7.11 Å². The number of hydrogen-bond donors (Lipinski definition) is 0. The zero-order valence-electron chi connectivity index (χ0n) is 14.7. The lowest BCUT2D eigenvalue weighted by molar-refractivity contribution is 0.0600. The largest absolute Gasteiger partial charge is 0.465 e. The first-order valence-corrected chi connectivity index (χ1v) is 8.96. The Morgan fingerprint density at radius 3 is 2.59 bits per heavy atom. The molecule has 3 aromatic rings. The number of thioether (sulfide) groups is 1. The second-order valence-corrected chi connectivity index (χ2v) is 6.44. The first-order chi connectivity index (χ1) is 13.1. The molecule has 138 valence electrons. The van der Waals surface area contributed by atoms with Gasteiger partial charge in [0.1, 0.15) is 16.5 Å². The summed E-state index contributed by atoms with van der Waals surface area (Å²) in [6.45, 7) is 1.82. The summed E-state index contributed by atoms with van der Waals surface area (Å²) in [5.41, 5.74) is 1.48. The van der Waals surface area contributed by atoms with E-state index in [1.807, 2.05) is 13.0 Å². The van der Waals surface area contributed by atoms with E-state index in [1.54, 1.807) is 18.3 Å². The van der Waals surface area contributed by atoms with Gasteiger partial charge in [0.2, 0.25) is 0 Å². The molecule has 1 aromatic carbocycles. The third-order valence-corrected chi connectivity index (χ3v) is 4.55. The maximum atomic E-state index is 12.5. The maximum absolute atomic E-state index is 12.5. The van der Waals surface area contributed by atoms with Crippen LogP contribution in [-0.4, -0.2) is 29.2 Å². The normalized spacial score (nSPS) is 10.4. The monoisotopic (exact) mass is 384 g/mol. The molecule has 7 nitrogen and oxygen atoms in total. The highest BCUT2D eigenvalue weighted by molar-refractivity contribution is 7.98. The van der Waals surface area contributed by atoms with E-state index in [-0.39, 0.29) is 0 Å². The molecule has 3 rings (SSSR count). The van der Waals surface area contributed by atoms with Gasteiger partial charge in [0, 0.05) is 18.0 Å². The molecule has 0 spiro atoms. The predicted molar refractivity (Wildman–Crippen MR) is 97.8 cm³/mol. The van der Waals surface area contributed by atoms with Gasteiger partial charge in [-0.3, -0.25) is 0 Å². The number of methoxy groups -OCH3 is 1. The topological polar surface area (TPSA) is 91.5 Å². The molecule has 8 heteroatoms. The molecule has 0 aliphatic carbocycles. The summed E-state index contributed by atoms with van der Waals surface area (Å²) in [5, 5.41) is 4.46. The van der Waals surface area contributed by atoms with E-state index < -0.39 is 11.9 Å². The van der Waals surface area contributed by atoms with Crippen molar-refractivity contribution in [3.63, 3.8) is 0 Å². The fourth-order valence-electron chi connectivity index (χ4n) is 2.23. The minimum atomic E-state index is -0.534.